The van der Waals surface area contributed by atoms with Gasteiger partial charge in [-0.15, -0.1) is 0 Å². The van der Waals surface area contributed by atoms with Crippen LogP contribution in [-0.4, -0.2) is 29.9 Å². The maximum Gasteiger partial charge on any atom is 0.244 e. The Balaban J connectivity index is 1.97. The quantitative estimate of drug-likeness (QED) is 0.915. The van der Waals surface area contributed by atoms with Gasteiger partial charge < -0.3 is 10.2 Å². The van der Waals surface area contributed by atoms with E-state index in [1.165, 1.54) is 24.0 Å². The van der Waals surface area contributed by atoms with Gasteiger partial charge in [0.05, 0.1) is 0 Å². The number of rotatable bonds is 3. The summed E-state index contributed by atoms with van der Waals surface area (Å²) >= 11 is 0. The number of benzene rings is 1. The summed E-state index contributed by atoms with van der Waals surface area (Å²) in [6.07, 6.45) is 4.79. The van der Waals surface area contributed by atoms with E-state index < -0.39 is 0 Å². The molecule has 1 fully saturated rings. The number of hydrogen-bond donors (Lipinski definition) is 1. The summed E-state index contributed by atoms with van der Waals surface area (Å²) in [4.78, 5) is 14.5. The Kier molecular flexibility index (Phi) is 5.05. The standard InChI is InChI=1S/C17H26N2O/c1-13-8-9-16(12-14(13)2)18-15(3)17(20)19-10-6-4-5-7-11-19/h8-9,12,15,18H,4-7,10-11H2,1-3H3. The summed E-state index contributed by atoms with van der Waals surface area (Å²) in [5.41, 5.74) is 3.57. The Morgan fingerprint density at radius 3 is 2.35 bits per heavy atom. The lowest BCUT2D eigenvalue weighted by molar-refractivity contribution is -0.131. The molecule has 0 aromatic heterocycles. The molecule has 0 aliphatic carbocycles. The van der Waals surface area contributed by atoms with Crippen molar-refractivity contribution in [3.05, 3.63) is 29.3 Å². The lowest BCUT2D eigenvalue weighted by Crippen LogP contribution is -2.41. The predicted molar refractivity (Wildman–Crippen MR) is 84.0 cm³/mol. The average molecular weight is 274 g/mol. The number of hydrogen-bond acceptors (Lipinski definition) is 2. The summed E-state index contributed by atoms with van der Waals surface area (Å²) in [7, 11) is 0. The molecule has 0 radical (unpaired) electrons. The highest BCUT2D eigenvalue weighted by Crippen LogP contribution is 2.16. The minimum atomic E-state index is -0.157. The van der Waals surface area contributed by atoms with Crippen molar-refractivity contribution in [1.29, 1.82) is 0 Å². The van der Waals surface area contributed by atoms with Crippen LogP contribution in [0, 0.1) is 13.8 Å². The third kappa shape index (κ3) is 3.75. The smallest absolute Gasteiger partial charge is 0.244 e. The number of likely N-dealkylation sites (tertiary alicyclic amines) is 1. The Labute approximate surface area is 122 Å². The van der Waals surface area contributed by atoms with E-state index in [-0.39, 0.29) is 11.9 Å². The molecular weight excluding hydrogens is 248 g/mol. The monoisotopic (exact) mass is 274 g/mol. The summed E-state index contributed by atoms with van der Waals surface area (Å²) in [6, 6.07) is 6.10. The molecule has 1 aromatic rings. The lowest BCUT2D eigenvalue weighted by atomic mass is 10.1. The van der Waals surface area contributed by atoms with Crippen molar-refractivity contribution in [2.24, 2.45) is 0 Å². The van der Waals surface area contributed by atoms with E-state index in [0.717, 1.165) is 31.6 Å². The van der Waals surface area contributed by atoms with E-state index in [9.17, 15) is 4.79 Å². The highest BCUT2D eigenvalue weighted by molar-refractivity contribution is 5.84. The first-order chi connectivity index (χ1) is 9.58. The highest BCUT2D eigenvalue weighted by Gasteiger charge is 2.21. The van der Waals surface area contributed by atoms with Crippen LogP contribution in [0.3, 0.4) is 0 Å². The van der Waals surface area contributed by atoms with E-state index >= 15 is 0 Å². The summed E-state index contributed by atoms with van der Waals surface area (Å²) < 4.78 is 0. The molecule has 1 aromatic carbocycles. The number of nitrogens with one attached hydrogen (secondary N) is 1. The normalized spacial score (nSPS) is 17.4. The summed E-state index contributed by atoms with van der Waals surface area (Å²) in [6.45, 7) is 7.99. The number of amides is 1. The Hall–Kier alpha value is -1.51. The largest absolute Gasteiger partial charge is 0.374 e. The van der Waals surface area contributed by atoms with Crippen LogP contribution >= 0.6 is 0 Å². The molecule has 2 rings (SSSR count). The van der Waals surface area contributed by atoms with Crippen LogP contribution in [0.25, 0.3) is 0 Å². The Bertz CT molecular complexity index is 462. The van der Waals surface area contributed by atoms with Gasteiger partial charge in [0.15, 0.2) is 0 Å². The van der Waals surface area contributed by atoms with Gasteiger partial charge in [0.1, 0.15) is 6.04 Å². The van der Waals surface area contributed by atoms with Gasteiger partial charge in [0.25, 0.3) is 0 Å². The van der Waals surface area contributed by atoms with Gasteiger partial charge in [-0.2, -0.15) is 0 Å². The van der Waals surface area contributed by atoms with Crippen molar-refractivity contribution in [1.82, 2.24) is 4.90 Å². The van der Waals surface area contributed by atoms with Crippen LogP contribution in [0.5, 0.6) is 0 Å². The van der Waals surface area contributed by atoms with Crippen LogP contribution in [-0.2, 0) is 4.79 Å². The molecule has 3 heteroatoms. The van der Waals surface area contributed by atoms with Gasteiger partial charge in [-0.05, 0) is 56.9 Å². The highest BCUT2D eigenvalue weighted by atomic mass is 16.2. The van der Waals surface area contributed by atoms with Crippen molar-refractivity contribution in [2.75, 3.05) is 18.4 Å². The zero-order valence-corrected chi connectivity index (χ0v) is 12.9. The summed E-state index contributed by atoms with van der Waals surface area (Å²) in [5, 5.41) is 3.34. The van der Waals surface area contributed by atoms with Gasteiger partial charge in [-0.25, -0.2) is 0 Å². The number of carbonyl (C=O) groups is 1. The van der Waals surface area contributed by atoms with Crippen molar-refractivity contribution >= 4 is 11.6 Å². The van der Waals surface area contributed by atoms with Crippen molar-refractivity contribution < 1.29 is 4.79 Å². The second kappa shape index (κ2) is 6.78. The van der Waals surface area contributed by atoms with Crippen LogP contribution in [0.4, 0.5) is 5.69 Å². The molecule has 1 N–H and O–H groups in total. The molecule has 3 nitrogen and oxygen atoms in total. The number of aryl methyl sites for hydroxylation is 2. The third-order valence-electron chi connectivity index (χ3n) is 4.18. The lowest BCUT2D eigenvalue weighted by Gasteiger charge is -2.25. The zero-order chi connectivity index (χ0) is 14.5. The molecule has 110 valence electrons. The molecule has 1 aliphatic rings. The fraction of sp³-hybridized carbons (Fsp3) is 0.588. The van der Waals surface area contributed by atoms with E-state index in [2.05, 4.69) is 37.4 Å². The molecule has 1 saturated heterocycles. The second-order valence-electron chi connectivity index (χ2n) is 5.90. The van der Waals surface area contributed by atoms with Crippen LogP contribution in [0.15, 0.2) is 18.2 Å². The predicted octanol–water partition coefficient (Wildman–Crippen LogP) is 3.51. The van der Waals surface area contributed by atoms with Crippen molar-refractivity contribution in [3.8, 4) is 0 Å². The first-order valence-electron chi connectivity index (χ1n) is 7.70. The Morgan fingerprint density at radius 1 is 1.10 bits per heavy atom. The third-order valence-corrected chi connectivity index (χ3v) is 4.18. The van der Waals surface area contributed by atoms with Crippen LogP contribution in [0.1, 0.15) is 43.7 Å². The van der Waals surface area contributed by atoms with Crippen molar-refractivity contribution in [3.63, 3.8) is 0 Å². The van der Waals surface area contributed by atoms with Crippen molar-refractivity contribution in [2.45, 2.75) is 52.5 Å². The molecular formula is C17H26N2O. The van der Waals surface area contributed by atoms with Gasteiger partial charge in [0.2, 0.25) is 5.91 Å². The van der Waals surface area contributed by atoms with Gasteiger partial charge in [0, 0.05) is 18.8 Å². The van der Waals surface area contributed by atoms with Gasteiger partial charge in [-0.3, -0.25) is 4.79 Å². The number of anilines is 1. The molecule has 20 heavy (non-hydrogen) atoms. The van der Waals surface area contributed by atoms with E-state index in [1.807, 2.05) is 11.8 Å². The van der Waals surface area contributed by atoms with Crippen LogP contribution < -0.4 is 5.32 Å². The first kappa shape index (κ1) is 14.9. The number of carbonyl (C=O) groups excluding carboxylic acids is 1. The number of nitrogens with zero attached hydrogens (tertiary/aromatic N) is 1. The molecule has 1 atom stereocenters. The zero-order valence-electron chi connectivity index (χ0n) is 12.9. The molecule has 1 amide bonds. The fourth-order valence-electron chi connectivity index (χ4n) is 2.71. The average Bonchev–Trinajstić information content (AvgIpc) is 2.71. The Morgan fingerprint density at radius 2 is 1.75 bits per heavy atom. The second-order valence-corrected chi connectivity index (χ2v) is 5.90. The minimum Gasteiger partial charge on any atom is -0.374 e. The molecule has 1 aliphatic heterocycles. The van der Waals surface area contributed by atoms with Gasteiger partial charge >= 0.3 is 0 Å². The minimum absolute atomic E-state index is 0.157. The maximum atomic E-state index is 12.5. The molecule has 0 saturated carbocycles. The van der Waals surface area contributed by atoms with E-state index in [0.29, 0.717) is 0 Å². The van der Waals surface area contributed by atoms with Gasteiger partial charge in [-0.1, -0.05) is 18.9 Å². The molecule has 0 bridgehead atoms. The maximum absolute atomic E-state index is 12.5. The van der Waals surface area contributed by atoms with E-state index in [4.69, 9.17) is 0 Å². The molecule has 1 unspecified atom stereocenters. The molecule has 0 spiro atoms. The summed E-state index contributed by atoms with van der Waals surface area (Å²) in [5.74, 6) is 0.227. The SMILES string of the molecule is Cc1ccc(NC(C)C(=O)N2CCCCCC2)cc1C. The topological polar surface area (TPSA) is 32.3 Å². The van der Waals surface area contributed by atoms with Crippen LogP contribution in [0.2, 0.25) is 0 Å². The van der Waals surface area contributed by atoms with E-state index in [1.54, 1.807) is 0 Å². The molecule has 1 heterocycles. The first-order valence-corrected chi connectivity index (χ1v) is 7.70. The fourth-order valence-corrected chi connectivity index (χ4v) is 2.71.